The molecule has 1 fully saturated rings. The first kappa shape index (κ1) is 13.9. The molecule has 1 aliphatic rings. The van der Waals surface area contributed by atoms with Gasteiger partial charge in [-0.1, -0.05) is 0 Å². The molecule has 1 aliphatic heterocycles. The Balaban J connectivity index is 2.47. The normalized spacial score (nSPS) is 24.4. The number of carbonyl (C=O) groups is 2. The van der Waals surface area contributed by atoms with Crippen molar-refractivity contribution in [2.24, 2.45) is 5.73 Å². The summed E-state index contributed by atoms with van der Waals surface area (Å²) in [7, 11) is -4.55. The van der Waals surface area contributed by atoms with Crippen molar-refractivity contribution in [3.05, 3.63) is 0 Å². The molecule has 1 saturated heterocycles. The summed E-state index contributed by atoms with van der Waals surface area (Å²) in [6.07, 6.45) is 0.594. The van der Waals surface area contributed by atoms with Crippen LogP contribution in [0.15, 0.2) is 0 Å². The van der Waals surface area contributed by atoms with Crippen LogP contribution in [0.25, 0.3) is 0 Å². The molecule has 0 saturated carbocycles. The monoisotopic (exact) mass is 266 g/mol. The molecule has 1 heterocycles. The van der Waals surface area contributed by atoms with Crippen molar-refractivity contribution in [1.29, 1.82) is 0 Å². The molecular weight excluding hydrogens is 252 g/mol. The molecule has 0 unspecified atom stereocenters. The Morgan fingerprint density at radius 3 is 2.65 bits per heavy atom. The van der Waals surface area contributed by atoms with Gasteiger partial charge in [0.05, 0.1) is 12.6 Å². The van der Waals surface area contributed by atoms with Gasteiger partial charge >= 0.3 is 16.3 Å². The van der Waals surface area contributed by atoms with Crippen LogP contribution in [0.3, 0.4) is 0 Å². The van der Waals surface area contributed by atoms with Crippen LogP contribution in [0, 0.1) is 0 Å². The number of amides is 1. The summed E-state index contributed by atoms with van der Waals surface area (Å²) in [4.78, 5) is 21.6. The van der Waals surface area contributed by atoms with Gasteiger partial charge in [0.15, 0.2) is 0 Å². The summed E-state index contributed by atoms with van der Waals surface area (Å²) in [5, 5.41) is 0. The molecule has 1 rings (SSSR count). The lowest BCUT2D eigenvalue weighted by atomic mass is 9.95. The molecular formula is C8H14N2O6S. The van der Waals surface area contributed by atoms with E-state index in [1.165, 1.54) is 6.92 Å². The second-order valence-corrected chi connectivity index (χ2v) is 4.98. The number of ether oxygens (including phenoxy) is 1. The average Bonchev–Trinajstić information content (AvgIpc) is 2.19. The van der Waals surface area contributed by atoms with Gasteiger partial charge in [-0.25, -0.2) is 4.31 Å². The lowest BCUT2D eigenvalue weighted by molar-refractivity contribution is -0.144. The van der Waals surface area contributed by atoms with Gasteiger partial charge in [0, 0.05) is 6.92 Å². The number of nitrogens with two attached hydrogens (primary N) is 1. The minimum Gasteiger partial charge on any atom is -0.466 e. The van der Waals surface area contributed by atoms with Crippen LogP contribution in [-0.4, -0.2) is 47.8 Å². The summed E-state index contributed by atoms with van der Waals surface area (Å²) in [5.41, 5.74) is 5.42. The number of β-lactam (4-membered cyclic amide) rings is 1. The maximum Gasteiger partial charge on any atom is 0.362 e. The number of rotatable bonds is 5. The maximum atomic E-state index is 11.1. The fourth-order valence-electron chi connectivity index (χ4n) is 1.63. The summed E-state index contributed by atoms with van der Waals surface area (Å²) in [6.45, 7) is 1.37. The summed E-state index contributed by atoms with van der Waals surface area (Å²) in [5.74, 6) is -1.27. The van der Waals surface area contributed by atoms with Gasteiger partial charge in [-0.15, -0.1) is 0 Å². The van der Waals surface area contributed by atoms with Crippen molar-refractivity contribution in [3.8, 4) is 0 Å². The molecule has 2 atom stereocenters. The Morgan fingerprint density at radius 2 is 2.18 bits per heavy atom. The van der Waals surface area contributed by atoms with Crippen LogP contribution in [0.4, 0.5) is 0 Å². The van der Waals surface area contributed by atoms with E-state index >= 15 is 0 Å². The topological polar surface area (TPSA) is 127 Å². The molecule has 1 amide bonds. The molecule has 0 spiro atoms. The number of carbonyl (C=O) groups excluding carboxylic acids is 2. The van der Waals surface area contributed by atoms with Gasteiger partial charge < -0.3 is 10.5 Å². The van der Waals surface area contributed by atoms with E-state index in [9.17, 15) is 18.0 Å². The van der Waals surface area contributed by atoms with Crippen molar-refractivity contribution in [1.82, 2.24) is 4.31 Å². The van der Waals surface area contributed by atoms with Crippen LogP contribution in [0.2, 0.25) is 0 Å². The second kappa shape index (κ2) is 4.98. The van der Waals surface area contributed by atoms with Gasteiger partial charge in [-0.2, -0.15) is 8.42 Å². The molecule has 0 radical (unpaired) electrons. The third kappa shape index (κ3) is 3.14. The molecule has 9 heteroatoms. The Kier molecular flexibility index (Phi) is 4.07. The Labute approximate surface area is 98.6 Å². The van der Waals surface area contributed by atoms with Crippen molar-refractivity contribution < 1.29 is 27.3 Å². The first-order chi connectivity index (χ1) is 7.75. The van der Waals surface area contributed by atoms with E-state index in [0.717, 1.165) is 0 Å². The number of nitrogens with zero attached hydrogens (tertiary/aromatic N) is 1. The van der Waals surface area contributed by atoms with Crippen LogP contribution < -0.4 is 5.73 Å². The minimum absolute atomic E-state index is 0.117. The molecule has 98 valence electrons. The predicted molar refractivity (Wildman–Crippen MR) is 56.0 cm³/mol. The van der Waals surface area contributed by atoms with Gasteiger partial charge in [0.1, 0.15) is 6.04 Å². The second-order valence-electron chi connectivity index (χ2n) is 3.69. The highest BCUT2D eigenvalue weighted by atomic mass is 32.2. The lowest BCUT2D eigenvalue weighted by Crippen LogP contribution is -2.69. The number of hydrogen-bond donors (Lipinski definition) is 2. The Morgan fingerprint density at radius 1 is 1.59 bits per heavy atom. The summed E-state index contributed by atoms with van der Waals surface area (Å²) >= 11 is 0. The first-order valence-electron chi connectivity index (χ1n) is 4.94. The van der Waals surface area contributed by atoms with Crippen LogP contribution >= 0.6 is 0 Å². The molecule has 0 aromatic rings. The standard InChI is InChI=1S/C8H14N2O6S/c1-5(11)16-4-2-3-6-7(9)8(12)10(6)17(13,14)15/h6-7H,2-4,9H2,1H3,(H,13,14,15)/t6-,7-/m0/s1. The minimum atomic E-state index is -4.55. The SMILES string of the molecule is CC(=O)OCCC[C@H]1[C@H](N)C(=O)N1S(=O)(=O)O. The van der Waals surface area contributed by atoms with Crippen LogP contribution in [-0.2, 0) is 24.6 Å². The largest absolute Gasteiger partial charge is 0.466 e. The van der Waals surface area contributed by atoms with E-state index < -0.39 is 34.3 Å². The highest BCUT2D eigenvalue weighted by Gasteiger charge is 2.50. The van der Waals surface area contributed by atoms with E-state index in [1.54, 1.807) is 0 Å². The van der Waals surface area contributed by atoms with Crippen molar-refractivity contribution in [2.45, 2.75) is 31.8 Å². The number of esters is 1. The maximum absolute atomic E-state index is 11.1. The first-order valence-corrected chi connectivity index (χ1v) is 6.34. The van der Waals surface area contributed by atoms with Gasteiger partial charge in [-0.3, -0.25) is 14.1 Å². The third-order valence-corrected chi connectivity index (χ3v) is 3.36. The Hall–Kier alpha value is -1.19. The van der Waals surface area contributed by atoms with E-state index in [4.69, 9.17) is 10.3 Å². The molecule has 3 N–H and O–H groups in total. The van der Waals surface area contributed by atoms with Crippen molar-refractivity contribution in [2.75, 3.05) is 6.61 Å². The van der Waals surface area contributed by atoms with E-state index in [0.29, 0.717) is 10.7 Å². The zero-order valence-corrected chi connectivity index (χ0v) is 10.0. The van der Waals surface area contributed by atoms with E-state index in [2.05, 4.69) is 4.74 Å². The van der Waals surface area contributed by atoms with E-state index in [1.807, 2.05) is 0 Å². The molecule has 0 aromatic carbocycles. The quantitative estimate of drug-likeness (QED) is 0.273. The predicted octanol–water partition coefficient (Wildman–Crippen LogP) is -1.33. The zero-order valence-electron chi connectivity index (χ0n) is 9.20. The lowest BCUT2D eigenvalue weighted by Gasteiger charge is -2.42. The van der Waals surface area contributed by atoms with Gasteiger partial charge in [0.25, 0.3) is 5.91 Å². The van der Waals surface area contributed by atoms with E-state index in [-0.39, 0.29) is 13.0 Å². The van der Waals surface area contributed by atoms with Crippen LogP contribution in [0.5, 0.6) is 0 Å². The molecule has 0 bridgehead atoms. The third-order valence-electron chi connectivity index (χ3n) is 2.42. The molecule has 0 aliphatic carbocycles. The fraction of sp³-hybridized carbons (Fsp3) is 0.750. The highest BCUT2D eigenvalue weighted by Crippen LogP contribution is 2.25. The van der Waals surface area contributed by atoms with Gasteiger partial charge in [0.2, 0.25) is 0 Å². The fourth-order valence-corrected chi connectivity index (χ4v) is 2.56. The Bertz CT molecular complexity index is 420. The zero-order chi connectivity index (χ0) is 13.2. The van der Waals surface area contributed by atoms with Crippen LogP contribution in [0.1, 0.15) is 19.8 Å². The average molecular weight is 266 g/mol. The molecule has 17 heavy (non-hydrogen) atoms. The van der Waals surface area contributed by atoms with Crippen molar-refractivity contribution in [3.63, 3.8) is 0 Å². The molecule has 0 aromatic heterocycles. The van der Waals surface area contributed by atoms with Gasteiger partial charge in [-0.05, 0) is 12.8 Å². The number of hydrogen-bond acceptors (Lipinski definition) is 6. The van der Waals surface area contributed by atoms with Crippen molar-refractivity contribution >= 4 is 22.2 Å². The summed E-state index contributed by atoms with van der Waals surface area (Å²) < 4.78 is 35.5. The smallest absolute Gasteiger partial charge is 0.362 e. The summed E-state index contributed by atoms with van der Waals surface area (Å²) in [6, 6.07) is -1.71. The highest BCUT2D eigenvalue weighted by molar-refractivity contribution is 7.84. The molecule has 8 nitrogen and oxygen atoms in total.